The van der Waals surface area contributed by atoms with Gasteiger partial charge in [-0.25, -0.2) is 4.98 Å². The maximum atomic E-state index is 12.1. The van der Waals surface area contributed by atoms with Gasteiger partial charge in [-0.15, -0.1) is 11.8 Å². The van der Waals surface area contributed by atoms with Gasteiger partial charge in [0, 0.05) is 33.8 Å². The summed E-state index contributed by atoms with van der Waals surface area (Å²) in [5.74, 6) is 0.907. The van der Waals surface area contributed by atoms with E-state index >= 15 is 0 Å². The Morgan fingerprint density at radius 1 is 1.17 bits per heavy atom. The molecule has 2 N–H and O–H groups in total. The number of hydrogen-bond donors (Lipinski definition) is 2. The van der Waals surface area contributed by atoms with E-state index in [4.69, 9.17) is 23.2 Å². The molecule has 0 atom stereocenters. The number of hydrogen-bond acceptors (Lipinski definition) is 5. The monoisotopic (exact) mass is 461 g/mol. The zero-order valence-electron chi connectivity index (χ0n) is 16.5. The first-order valence-electron chi connectivity index (χ1n) is 9.32. The van der Waals surface area contributed by atoms with Gasteiger partial charge < -0.3 is 10.4 Å². The molecule has 0 unspecified atom stereocenters. The highest BCUT2D eigenvalue weighted by atomic mass is 35.5. The van der Waals surface area contributed by atoms with E-state index in [1.54, 1.807) is 6.07 Å². The van der Waals surface area contributed by atoms with E-state index in [1.165, 1.54) is 30.4 Å². The molecule has 0 bridgehead atoms. The fourth-order valence-electron chi connectivity index (χ4n) is 2.90. The van der Waals surface area contributed by atoms with Gasteiger partial charge >= 0.3 is 0 Å². The van der Waals surface area contributed by atoms with E-state index in [2.05, 4.69) is 15.3 Å². The van der Waals surface area contributed by atoms with Crippen LogP contribution in [0.4, 0.5) is 5.82 Å². The molecule has 30 heavy (non-hydrogen) atoms. The van der Waals surface area contributed by atoms with Gasteiger partial charge in [0.05, 0.1) is 11.9 Å². The first-order valence-corrected chi connectivity index (χ1v) is 11.1. The maximum Gasteiger partial charge on any atom is 0.235 e. The molecule has 3 aromatic rings. The van der Waals surface area contributed by atoms with Gasteiger partial charge in [-0.1, -0.05) is 49.2 Å². The number of thioether (sulfide) groups is 1. The highest BCUT2D eigenvalue weighted by Crippen LogP contribution is 2.34. The number of benzene rings is 2. The van der Waals surface area contributed by atoms with Crippen molar-refractivity contribution in [3.63, 3.8) is 0 Å². The number of aromatic nitrogens is 2. The molecule has 1 amide bonds. The van der Waals surface area contributed by atoms with Crippen molar-refractivity contribution in [2.75, 3.05) is 11.1 Å². The second kappa shape index (κ2) is 10.2. The zero-order chi connectivity index (χ0) is 21.7. The number of anilines is 1. The molecule has 5 nitrogen and oxygen atoms in total. The van der Waals surface area contributed by atoms with Gasteiger partial charge in [-0.05, 0) is 40.8 Å². The number of rotatable bonds is 7. The van der Waals surface area contributed by atoms with Gasteiger partial charge in [-0.2, -0.15) is 0 Å². The summed E-state index contributed by atoms with van der Waals surface area (Å²) in [6.45, 7) is 4.07. The van der Waals surface area contributed by atoms with Crippen LogP contribution in [0.3, 0.4) is 0 Å². The lowest BCUT2D eigenvalue weighted by atomic mass is 9.96. The van der Waals surface area contributed by atoms with Gasteiger partial charge in [0.2, 0.25) is 5.91 Å². The molecule has 0 spiro atoms. The minimum atomic E-state index is -0.192. The van der Waals surface area contributed by atoms with Crippen molar-refractivity contribution in [2.45, 2.75) is 31.1 Å². The van der Waals surface area contributed by atoms with E-state index < -0.39 is 0 Å². The summed E-state index contributed by atoms with van der Waals surface area (Å²) < 4.78 is 0. The molecular weight excluding hydrogens is 441 g/mol. The topological polar surface area (TPSA) is 75.1 Å². The van der Waals surface area contributed by atoms with Gasteiger partial charge in [-0.3, -0.25) is 9.78 Å². The fourth-order valence-corrected chi connectivity index (χ4v) is 4.43. The van der Waals surface area contributed by atoms with Crippen LogP contribution in [0.15, 0.2) is 53.8 Å². The van der Waals surface area contributed by atoms with Crippen LogP contribution in [0, 0.1) is 0 Å². The van der Waals surface area contributed by atoms with E-state index in [-0.39, 0.29) is 23.3 Å². The molecule has 156 valence electrons. The van der Waals surface area contributed by atoms with Crippen LogP contribution >= 0.6 is 35.0 Å². The van der Waals surface area contributed by atoms with E-state index in [1.807, 2.05) is 38.1 Å². The first kappa shape index (κ1) is 22.4. The summed E-state index contributed by atoms with van der Waals surface area (Å²) >= 11 is 14.3. The summed E-state index contributed by atoms with van der Waals surface area (Å²) in [4.78, 5) is 20.8. The predicted octanol–water partition coefficient (Wildman–Crippen LogP) is 5.93. The molecule has 1 aromatic heterocycles. The van der Waals surface area contributed by atoms with Crippen LogP contribution in [0.2, 0.25) is 10.0 Å². The molecule has 0 aliphatic rings. The van der Waals surface area contributed by atoms with Crippen molar-refractivity contribution in [1.82, 2.24) is 9.97 Å². The van der Waals surface area contributed by atoms with E-state index in [0.717, 1.165) is 21.6 Å². The Hall–Kier alpha value is -2.28. The molecule has 0 radical (unpaired) electrons. The standard InChI is InChI=1S/C22H21Cl2N3O2S/c1-13(2)16-7-14(3-4-20(16)28)8-17-18(23)9-15(10-19(17)24)30-12-22(29)27-21-11-25-5-6-26-21/h3-7,9-11,13,28H,8,12H2,1-2H3,(H,26,27,29). The Bertz CT molecular complexity index is 1020. The number of halogens is 2. The molecule has 0 saturated heterocycles. The Morgan fingerprint density at radius 3 is 2.53 bits per heavy atom. The Kier molecular flexibility index (Phi) is 7.58. The summed E-state index contributed by atoms with van der Waals surface area (Å²) in [6.07, 6.45) is 5.09. The number of phenols is 1. The van der Waals surface area contributed by atoms with Crippen molar-refractivity contribution in [3.05, 3.63) is 75.7 Å². The number of aromatic hydroxyl groups is 1. The lowest BCUT2D eigenvalue weighted by Crippen LogP contribution is -2.15. The minimum absolute atomic E-state index is 0.192. The largest absolute Gasteiger partial charge is 0.508 e. The van der Waals surface area contributed by atoms with Crippen LogP contribution in [0.25, 0.3) is 0 Å². The molecule has 0 fully saturated rings. The SMILES string of the molecule is CC(C)c1cc(Cc2c(Cl)cc(SCC(=O)Nc3cnccn3)cc2Cl)ccc1O. The Morgan fingerprint density at radius 2 is 1.90 bits per heavy atom. The minimum Gasteiger partial charge on any atom is -0.508 e. The molecule has 1 heterocycles. The lowest BCUT2D eigenvalue weighted by molar-refractivity contribution is -0.113. The fraction of sp³-hybridized carbons (Fsp3) is 0.227. The summed E-state index contributed by atoms with van der Waals surface area (Å²) in [7, 11) is 0. The number of amides is 1. The van der Waals surface area contributed by atoms with Crippen LogP contribution < -0.4 is 5.32 Å². The van der Waals surface area contributed by atoms with Gasteiger partial charge in [0.15, 0.2) is 5.82 Å². The van der Waals surface area contributed by atoms with Crippen molar-refractivity contribution >= 4 is 46.7 Å². The molecular formula is C22H21Cl2N3O2S. The number of carbonyl (C=O) groups is 1. The molecule has 0 aliphatic heterocycles. The molecule has 3 rings (SSSR count). The second-order valence-corrected chi connectivity index (χ2v) is 8.88. The average Bonchev–Trinajstić information content (AvgIpc) is 2.71. The highest BCUT2D eigenvalue weighted by molar-refractivity contribution is 8.00. The number of nitrogens with zero attached hydrogens (tertiary/aromatic N) is 2. The van der Waals surface area contributed by atoms with Crippen LogP contribution in [0.5, 0.6) is 5.75 Å². The van der Waals surface area contributed by atoms with Crippen molar-refractivity contribution in [1.29, 1.82) is 0 Å². The third-order valence-electron chi connectivity index (χ3n) is 4.41. The van der Waals surface area contributed by atoms with Crippen LogP contribution in [-0.4, -0.2) is 26.7 Å². The number of phenolic OH excluding ortho intramolecular Hbond substituents is 1. The first-order chi connectivity index (χ1) is 14.3. The predicted molar refractivity (Wildman–Crippen MR) is 123 cm³/mol. The third kappa shape index (κ3) is 5.88. The summed E-state index contributed by atoms with van der Waals surface area (Å²) in [5.41, 5.74) is 2.72. The summed E-state index contributed by atoms with van der Waals surface area (Å²) in [5, 5.41) is 13.8. The van der Waals surface area contributed by atoms with Crippen molar-refractivity contribution in [3.8, 4) is 5.75 Å². The van der Waals surface area contributed by atoms with Crippen molar-refractivity contribution < 1.29 is 9.90 Å². The van der Waals surface area contributed by atoms with Gasteiger partial charge in [0.1, 0.15) is 5.75 Å². The van der Waals surface area contributed by atoms with Crippen molar-refractivity contribution in [2.24, 2.45) is 0 Å². The highest BCUT2D eigenvalue weighted by Gasteiger charge is 2.13. The smallest absolute Gasteiger partial charge is 0.235 e. The summed E-state index contributed by atoms with van der Waals surface area (Å²) in [6, 6.07) is 9.17. The normalized spacial score (nSPS) is 11.0. The second-order valence-electron chi connectivity index (χ2n) is 7.02. The Balaban J connectivity index is 1.68. The number of carbonyl (C=O) groups excluding carboxylic acids is 1. The molecule has 0 saturated carbocycles. The maximum absolute atomic E-state index is 12.1. The third-order valence-corrected chi connectivity index (χ3v) is 6.06. The molecule has 0 aliphatic carbocycles. The van der Waals surface area contributed by atoms with Gasteiger partial charge in [0.25, 0.3) is 0 Å². The number of nitrogens with one attached hydrogen (secondary N) is 1. The van der Waals surface area contributed by atoms with E-state index in [9.17, 15) is 9.90 Å². The Labute approximate surface area is 189 Å². The zero-order valence-corrected chi connectivity index (χ0v) is 18.9. The molecule has 2 aromatic carbocycles. The van der Waals surface area contributed by atoms with Crippen LogP contribution in [0.1, 0.15) is 36.5 Å². The lowest BCUT2D eigenvalue weighted by Gasteiger charge is -2.13. The van der Waals surface area contributed by atoms with E-state index in [0.29, 0.717) is 22.3 Å². The average molecular weight is 462 g/mol. The van der Waals surface area contributed by atoms with Crippen LogP contribution in [-0.2, 0) is 11.2 Å². The quantitative estimate of drug-likeness (QED) is 0.426. The molecule has 8 heteroatoms.